The summed E-state index contributed by atoms with van der Waals surface area (Å²) in [5, 5.41) is 3.13. The number of hydrogen-bond acceptors (Lipinski definition) is 1. The van der Waals surface area contributed by atoms with Crippen LogP contribution >= 0.6 is 0 Å². The average Bonchev–Trinajstić information content (AvgIpc) is 2.17. The Labute approximate surface area is 88.5 Å². The summed E-state index contributed by atoms with van der Waals surface area (Å²) >= 11 is 0. The van der Waals surface area contributed by atoms with Gasteiger partial charge in [0, 0.05) is 25.4 Å². The lowest BCUT2D eigenvalue weighted by Gasteiger charge is -2.30. The molecule has 82 valence electrons. The van der Waals surface area contributed by atoms with Gasteiger partial charge in [-0.25, -0.2) is 8.78 Å². The van der Waals surface area contributed by atoms with Crippen molar-refractivity contribution in [1.29, 1.82) is 0 Å². The van der Waals surface area contributed by atoms with Gasteiger partial charge in [0.05, 0.1) is 0 Å². The molecular formula is C12H15F2N. The van der Waals surface area contributed by atoms with Crippen molar-refractivity contribution in [1.82, 2.24) is 5.32 Å². The third-order valence-corrected chi connectivity index (χ3v) is 2.86. The summed E-state index contributed by atoms with van der Waals surface area (Å²) in [5.41, 5.74) is 2.11. The zero-order valence-corrected chi connectivity index (χ0v) is 8.76. The number of rotatable bonds is 1. The van der Waals surface area contributed by atoms with E-state index in [1.54, 1.807) is 0 Å². The fourth-order valence-corrected chi connectivity index (χ4v) is 1.94. The number of aryl methyl sites for hydroxylation is 1. The van der Waals surface area contributed by atoms with Crippen molar-refractivity contribution >= 4 is 0 Å². The highest BCUT2D eigenvalue weighted by atomic mass is 19.3. The molecule has 1 aliphatic rings. The molecule has 0 amide bonds. The van der Waals surface area contributed by atoms with E-state index in [-0.39, 0.29) is 18.9 Å². The van der Waals surface area contributed by atoms with Gasteiger partial charge in [0.2, 0.25) is 0 Å². The van der Waals surface area contributed by atoms with Crippen molar-refractivity contribution in [2.24, 2.45) is 0 Å². The van der Waals surface area contributed by atoms with Crippen LogP contribution in [-0.2, 0) is 0 Å². The Morgan fingerprint density at radius 1 is 1.27 bits per heavy atom. The van der Waals surface area contributed by atoms with E-state index < -0.39 is 5.92 Å². The van der Waals surface area contributed by atoms with Gasteiger partial charge in [-0.15, -0.1) is 0 Å². The van der Waals surface area contributed by atoms with E-state index in [1.165, 1.54) is 0 Å². The summed E-state index contributed by atoms with van der Waals surface area (Å²) in [6.45, 7) is 2.39. The molecule has 1 fully saturated rings. The van der Waals surface area contributed by atoms with Crippen LogP contribution in [0.2, 0.25) is 0 Å². The van der Waals surface area contributed by atoms with E-state index in [0.717, 1.165) is 11.1 Å². The van der Waals surface area contributed by atoms with Crippen LogP contribution < -0.4 is 5.32 Å². The van der Waals surface area contributed by atoms with E-state index in [1.807, 2.05) is 31.2 Å². The Morgan fingerprint density at radius 2 is 1.93 bits per heavy atom. The first-order chi connectivity index (χ1) is 7.07. The standard InChI is InChI=1S/C12H15F2N/c1-9-2-4-10(5-3-9)11-8-12(13,14)6-7-15-11/h2-5,11,15H,6-8H2,1H3. The van der Waals surface area contributed by atoms with Gasteiger partial charge in [0.1, 0.15) is 0 Å². The van der Waals surface area contributed by atoms with Gasteiger partial charge in [0.25, 0.3) is 5.92 Å². The van der Waals surface area contributed by atoms with Crippen LogP contribution in [-0.4, -0.2) is 12.5 Å². The van der Waals surface area contributed by atoms with Gasteiger partial charge in [-0.1, -0.05) is 29.8 Å². The molecule has 0 spiro atoms. The minimum atomic E-state index is -2.51. The Morgan fingerprint density at radius 3 is 2.53 bits per heavy atom. The van der Waals surface area contributed by atoms with Crippen LogP contribution in [0.25, 0.3) is 0 Å². The molecule has 1 atom stereocenters. The molecule has 0 saturated carbocycles. The van der Waals surface area contributed by atoms with Crippen molar-refractivity contribution in [2.75, 3.05) is 6.54 Å². The Hall–Kier alpha value is -0.960. The van der Waals surface area contributed by atoms with Gasteiger partial charge >= 0.3 is 0 Å². The smallest absolute Gasteiger partial charge is 0.251 e. The lowest BCUT2D eigenvalue weighted by Crippen LogP contribution is -2.38. The Balaban J connectivity index is 2.13. The first-order valence-corrected chi connectivity index (χ1v) is 5.25. The minimum Gasteiger partial charge on any atom is -0.310 e. The number of alkyl halides is 2. The largest absolute Gasteiger partial charge is 0.310 e. The molecule has 1 unspecified atom stereocenters. The van der Waals surface area contributed by atoms with Gasteiger partial charge in [-0.2, -0.15) is 0 Å². The summed E-state index contributed by atoms with van der Waals surface area (Å²) in [4.78, 5) is 0. The van der Waals surface area contributed by atoms with Crippen LogP contribution in [0.4, 0.5) is 8.78 Å². The third kappa shape index (κ3) is 2.53. The maximum Gasteiger partial charge on any atom is 0.251 e. The van der Waals surface area contributed by atoms with E-state index in [0.29, 0.717) is 6.54 Å². The molecule has 1 N–H and O–H groups in total. The van der Waals surface area contributed by atoms with Crippen LogP contribution in [0.1, 0.15) is 30.0 Å². The highest BCUT2D eigenvalue weighted by Gasteiger charge is 2.36. The first kappa shape index (κ1) is 10.6. The summed E-state index contributed by atoms with van der Waals surface area (Å²) in [6.07, 6.45) is -0.134. The zero-order chi connectivity index (χ0) is 10.9. The van der Waals surface area contributed by atoms with Gasteiger partial charge in [-0.3, -0.25) is 0 Å². The Kier molecular flexibility index (Phi) is 2.74. The maximum absolute atomic E-state index is 13.2. The van der Waals surface area contributed by atoms with Crippen molar-refractivity contribution in [3.63, 3.8) is 0 Å². The van der Waals surface area contributed by atoms with E-state index in [4.69, 9.17) is 0 Å². The summed E-state index contributed by atoms with van der Waals surface area (Å²) in [7, 11) is 0. The SMILES string of the molecule is Cc1ccc(C2CC(F)(F)CCN2)cc1. The molecule has 0 radical (unpaired) electrons. The van der Waals surface area contributed by atoms with Gasteiger partial charge < -0.3 is 5.32 Å². The number of benzene rings is 1. The molecular weight excluding hydrogens is 196 g/mol. The predicted molar refractivity (Wildman–Crippen MR) is 56.1 cm³/mol. The van der Waals surface area contributed by atoms with Gasteiger partial charge in [0.15, 0.2) is 0 Å². The zero-order valence-electron chi connectivity index (χ0n) is 8.76. The molecule has 1 saturated heterocycles. The van der Waals surface area contributed by atoms with Crippen molar-refractivity contribution in [2.45, 2.75) is 31.7 Å². The van der Waals surface area contributed by atoms with E-state index in [9.17, 15) is 8.78 Å². The van der Waals surface area contributed by atoms with Crippen LogP contribution in [0.5, 0.6) is 0 Å². The van der Waals surface area contributed by atoms with E-state index in [2.05, 4.69) is 5.32 Å². The second-order valence-electron chi connectivity index (χ2n) is 4.23. The number of hydrogen-bond donors (Lipinski definition) is 1. The highest BCUT2D eigenvalue weighted by Crippen LogP contribution is 2.34. The summed E-state index contributed by atoms with van der Waals surface area (Å²) < 4.78 is 26.4. The first-order valence-electron chi connectivity index (χ1n) is 5.25. The van der Waals surface area contributed by atoms with Crippen molar-refractivity contribution in [3.05, 3.63) is 35.4 Å². The lowest BCUT2D eigenvalue weighted by atomic mass is 9.94. The molecule has 2 rings (SSSR count). The number of halogens is 2. The molecule has 0 aromatic heterocycles. The summed E-state index contributed by atoms with van der Waals surface area (Å²) in [6, 6.07) is 7.57. The van der Waals surface area contributed by atoms with Crippen molar-refractivity contribution < 1.29 is 8.78 Å². The normalized spacial score (nSPS) is 25.1. The molecule has 1 aromatic rings. The molecule has 3 heteroatoms. The molecule has 1 aliphatic heterocycles. The maximum atomic E-state index is 13.2. The van der Waals surface area contributed by atoms with Gasteiger partial charge in [-0.05, 0) is 12.5 Å². The fourth-order valence-electron chi connectivity index (χ4n) is 1.94. The molecule has 1 heterocycles. The quantitative estimate of drug-likeness (QED) is 0.752. The van der Waals surface area contributed by atoms with Crippen LogP contribution in [0.15, 0.2) is 24.3 Å². The molecule has 0 aliphatic carbocycles. The lowest BCUT2D eigenvalue weighted by molar-refractivity contribution is -0.0415. The second-order valence-corrected chi connectivity index (χ2v) is 4.23. The van der Waals surface area contributed by atoms with E-state index >= 15 is 0 Å². The minimum absolute atomic E-state index is 0.0463. The fraction of sp³-hybridized carbons (Fsp3) is 0.500. The Bertz CT molecular complexity index is 332. The van der Waals surface area contributed by atoms with Crippen LogP contribution in [0.3, 0.4) is 0 Å². The molecule has 0 bridgehead atoms. The molecule has 1 aromatic carbocycles. The average molecular weight is 211 g/mol. The predicted octanol–water partition coefficient (Wildman–Crippen LogP) is 3.05. The highest BCUT2D eigenvalue weighted by molar-refractivity contribution is 5.24. The second kappa shape index (κ2) is 3.89. The molecule has 15 heavy (non-hydrogen) atoms. The number of piperidine rings is 1. The summed E-state index contributed by atoms with van der Waals surface area (Å²) in [5.74, 6) is -2.51. The topological polar surface area (TPSA) is 12.0 Å². The van der Waals surface area contributed by atoms with Crippen LogP contribution in [0, 0.1) is 6.92 Å². The monoisotopic (exact) mass is 211 g/mol. The number of nitrogens with one attached hydrogen (secondary N) is 1. The van der Waals surface area contributed by atoms with Crippen molar-refractivity contribution in [3.8, 4) is 0 Å². The molecule has 1 nitrogen and oxygen atoms in total. The third-order valence-electron chi connectivity index (χ3n) is 2.86.